The maximum Gasteiger partial charge on any atom is 0.226 e. The van der Waals surface area contributed by atoms with Gasteiger partial charge in [-0.2, -0.15) is 5.26 Å². The molecule has 4 N–H and O–H groups in total. The number of amides is 1. The van der Waals surface area contributed by atoms with Crippen LogP contribution in [0.3, 0.4) is 0 Å². The Morgan fingerprint density at radius 1 is 1.63 bits per heavy atom. The molecule has 1 aromatic rings. The number of ketones is 1. The molecule has 0 radical (unpaired) electrons. The smallest absolute Gasteiger partial charge is 0.226 e. The van der Waals surface area contributed by atoms with Crippen molar-refractivity contribution >= 4 is 23.0 Å². The van der Waals surface area contributed by atoms with E-state index in [4.69, 9.17) is 16.1 Å². The predicted molar refractivity (Wildman–Crippen MR) is 68.4 cm³/mol. The van der Waals surface area contributed by atoms with Crippen LogP contribution in [0, 0.1) is 11.3 Å². The summed E-state index contributed by atoms with van der Waals surface area (Å²) in [6.07, 6.45) is 0.0398. The monoisotopic (exact) mass is 279 g/mol. The second kappa shape index (κ2) is 5.48. The zero-order chi connectivity index (χ0) is 14.0. The quantitative estimate of drug-likeness (QED) is 0.705. The number of aliphatic hydroxyl groups excluding tert-OH is 1. The minimum atomic E-state index is -0.589. The maximum absolute atomic E-state index is 11.9. The molecule has 0 fully saturated rings. The largest absolute Gasteiger partial charge is 0.396 e. The Morgan fingerprint density at radius 2 is 2.37 bits per heavy atom. The van der Waals surface area contributed by atoms with Gasteiger partial charge < -0.3 is 16.2 Å². The molecule has 0 saturated carbocycles. The van der Waals surface area contributed by atoms with Crippen LogP contribution in [-0.2, 0) is 9.59 Å². The summed E-state index contributed by atoms with van der Waals surface area (Å²) in [5.41, 5.74) is 6.30. The highest BCUT2D eigenvalue weighted by Crippen LogP contribution is 2.38. The number of thiophene rings is 1. The number of carbonyl (C=O) groups excluding carboxylic acids is 2. The number of nitrogens with zero attached hydrogens (tertiary/aromatic N) is 1. The van der Waals surface area contributed by atoms with Gasteiger partial charge in [-0.05, 0) is 5.56 Å². The van der Waals surface area contributed by atoms with E-state index in [0.29, 0.717) is 16.0 Å². The number of hydrogen-bond donors (Lipinski definition) is 3. The van der Waals surface area contributed by atoms with Gasteiger partial charge in [0.15, 0.2) is 5.78 Å². The molecule has 2 rings (SSSR count). The lowest BCUT2D eigenvalue weighted by atomic mass is 9.88. The van der Waals surface area contributed by atoms with Crippen molar-refractivity contribution < 1.29 is 14.7 Å². The molecule has 100 valence electrons. The highest BCUT2D eigenvalue weighted by molar-refractivity contribution is 7.10. The van der Waals surface area contributed by atoms with Crippen LogP contribution < -0.4 is 11.1 Å². The Kier molecular flexibility index (Phi) is 3.95. The van der Waals surface area contributed by atoms with Crippen molar-refractivity contribution in [2.24, 2.45) is 5.73 Å². The highest BCUT2D eigenvalue weighted by Gasteiger charge is 2.36. The van der Waals surface area contributed by atoms with E-state index in [1.807, 2.05) is 6.07 Å². The van der Waals surface area contributed by atoms with E-state index in [9.17, 15) is 9.59 Å². The number of primary amides is 1. The number of nitriles is 1. The molecule has 1 amide bonds. The number of aliphatic hydroxyl groups is 1. The molecule has 0 bridgehead atoms. The van der Waals surface area contributed by atoms with Gasteiger partial charge in [-0.1, -0.05) is 0 Å². The molecular formula is C12H13N3O3S. The van der Waals surface area contributed by atoms with Crippen molar-refractivity contribution in [1.29, 1.82) is 5.26 Å². The van der Waals surface area contributed by atoms with Crippen LogP contribution in [0.4, 0.5) is 0 Å². The van der Waals surface area contributed by atoms with Gasteiger partial charge in [-0.15, -0.1) is 11.3 Å². The third kappa shape index (κ3) is 2.38. The van der Waals surface area contributed by atoms with E-state index in [-0.39, 0.29) is 25.4 Å². The Hall–Kier alpha value is -1.75. The Bertz CT molecular complexity index is 561. The molecule has 6 nitrogen and oxygen atoms in total. The lowest BCUT2D eigenvalue weighted by Crippen LogP contribution is -2.41. The molecular weight excluding hydrogens is 266 g/mol. The molecule has 2 unspecified atom stereocenters. The van der Waals surface area contributed by atoms with Crippen LogP contribution in [0.5, 0.6) is 0 Å². The SMILES string of the molecule is N#Cc1csc2c1C(C(N)=O)CNC2C(=O)CCO. The number of fused-ring (bicyclic) bond motifs is 1. The first kappa shape index (κ1) is 13.7. The molecule has 1 aromatic heterocycles. The van der Waals surface area contributed by atoms with Crippen LogP contribution >= 0.6 is 11.3 Å². The third-order valence-corrected chi connectivity index (χ3v) is 4.20. The maximum atomic E-state index is 11.9. The van der Waals surface area contributed by atoms with Crippen LogP contribution in [0.15, 0.2) is 5.38 Å². The summed E-state index contributed by atoms with van der Waals surface area (Å²) in [5, 5.41) is 22.5. The zero-order valence-corrected chi connectivity index (χ0v) is 10.9. The van der Waals surface area contributed by atoms with Crippen molar-refractivity contribution in [3.8, 4) is 6.07 Å². The summed E-state index contributed by atoms with van der Waals surface area (Å²) in [6.45, 7) is 0.0116. The van der Waals surface area contributed by atoms with Crippen LogP contribution in [0.2, 0.25) is 0 Å². The predicted octanol–water partition coefficient (Wildman–Crippen LogP) is -0.216. The molecule has 0 spiro atoms. The highest BCUT2D eigenvalue weighted by atomic mass is 32.1. The van der Waals surface area contributed by atoms with Gasteiger partial charge in [0, 0.05) is 23.2 Å². The van der Waals surface area contributed by atoms with Gasteiger partial charge in [0.2, 0.25) is 5.91 Å². The number of rotatable bonds is 4. The lowest BCUT2D eigenvalue weighted by molar-refractivity contribution is -0.123. The molecule has 0 aliphatic carbocycles. The van der Waals surface area contributed by atoms with E-state index in [1.165, 1.54) is 11.3 Å². The molecule has 1 aliphatic heterocycles. The average Bonchev–Trinajstić information content (AvgIpc) is 2.81. The normalized spacial score (nSPS) is 21.5. The number of nitrogens with two attached hydrogens (primary N) is 1. The topological polar surface area (TPSA) is 116 Å². The standard InChI is InChI=1S/C12H13N3O3S/c13-3-6-5-19-11-9(6)7(12(14)18)4-15-10(11)8(17)1-2-16/h5,7,10,15-16H,1-2,4H2,(H2,14,18). The van der Waals surface area contributed by atoms with E-state index in [0.717, 1.165) is 0 Å². The molecule has 0 aromatic carbocycles. The Morgan fingerprint density at radius 3 is 2.95 bits per heavy atom. The summed E-state index contributed by atoms with van der Waals surface area (Å²) < 4.78 is 0. The molecule has 1 aliphatic rings. The van der Waals surface area contributed by atoms with Gasteiger partial charge in [-0.25, -0.2) is 0 Å². The van der Waals surface area contributed by atoms with Crippen LogP contribution in [0.25, 0.3) is 0 Å². The van der Waals surface area contributed by atoms with Gasteiger partial charge in [0.25, 0.3) is 0 Å². The van der Waals surface area contributed by atoms with Crippen LogP contribution in [-0.4, -0.2) is 29.9 Å². The minimum absolute atomic E-state index is 0.0398. The lowest BCUT2D eigenvalue weighted by Gasteiger charge is -2.28. The average molecular weight is 279 g/mol. The molecule has 2 heterocycles. The van der Waals surface area contributed by atoms with Crippen molar-refractivity contribution in [2.75, 3.05) is 13.2 Å². The summed E-state index contributed by atoms with van der Waals surface area (Å²) in [5.74, 6) is -1.26. The van der Waals surface area contributed by atoms with Gasteiger partial charge >= 0.3 is 0 Å². The molecule has 2 atom stereocenters. The third-order valence-electron chi connectivity index (χ3n) is 3.14. The Labute approximate surface area is 113 Å². The molecule has 7 heteroatoms. The van der Waals surface area contributed by atoms with Crippen molar-refractivity contribution in [3.05, 3.63) is 21.4 Å². The van der Waals surface area contributed by atoms with E-state index >= 15 is 0 Å². The first-order chi connectivity index (χ1) is 9.10. The summed E-state index contributed by atoms with van der Waals surface area (Å²) >= 11 is 1.26. The molecule has 19 heavy (non-hydrogen) atoms. The zero-order valence-electron chi connectivity index (χ0n) is 10.0. The first-order valence-electron chi connectivity index (χ1n) is 5.77. The van der Waals surface area contributed by atoms with E-state index < -0.39 is 17.9 Å². The fourth-order valence-electron chi connectivity index (χ4n) is 2.24. The van der Waals surface area contributed by atoms with Crippen molar-refractivity contribution in [1.82, 2.24) is 5.32 Å². The number of hydrogen-bond acceptors (Lipinski definition) is 6. The summed E-state index contributed by atoms with van der Waals surface area (Å²) in [7, 11) is 0. The van der Waals surface area contributed by atoms with Crippen molar-refractivity contribution in [2.45, 2.75) is 18.4 Å². The minimum Gasteiger partial charge on any atom is -0.396 e. The Balaban J connectivity index is 2.44. The van der Waals surface area contributed by atoms with Crippen LogP contribution in [0.1, 0.15) is 34.4 Å². The fraction of sp³-hybridized carbons (Fsp3) is 0.417. The number of carbonyl (C=O) groups is 2. The fourth-order valence-corrected chi connectivity index (χ4v) is 3.39. The number of nitrogens with one attached hydrogen (secondary N) is 1. The second-order valence-corrected chi connectivity index (χ2v) is 5.19. The number of Topliss-reactive ketones (excluding diaryl/α,β-unsaturated/α-hetero) is 1. The van der Waals surface area contributed by atoms with Crippen molar-refractivity contribution in [3.63, 3.8) is 0 Å². The summed E-state index contributed by atoms with van der Waals surface area (Å²) in [4.78, 5) is 24.0. The summed E-state index contributed by atoms with van der Waals surface area (Å²) in [6, 6.07) is 1.46. The van der Waals surface area contributed by atoms with Gasteiger partial charge in [0.05, 0.1) is 18.1 Å². The first-order valence-corrected chi connectivity index (χ1v) is 6.65. The molecule has 0 saturated heterocycles. The van der Waals surface area contributed by atoms with E-state index in [2.05, 4.69) is 5.32 Å². The van der Waals surface area contributed by atoms with Gasteiger partial charge in [0.1, 0.15) is 12.1 Å². The van der Waals surface area contributed by atoms with E-state index in [1.54, 1.807) is 5.38 Å². The second-order valence-electron chi connectivity index (χ2n) is 4.28. The van der Waals surface area contributed by atoms with Gasteiger partial charge in [-0.3, -0.25) is 9.59 Å².